The van der Waals surface area contributed by atoms with Gasteiger partial charge in [-0.15, -0.1) is 0 Å². The molecule has 0 spiro atoms. The number of allylic oxidation sites excluding steroid dienone is 2. The van der Waals surface area contributed by atoms with Gasteiger partial charge in [0.2, 0.25) is 0 Å². The van der Waals surface area contributed by atoms with Gasteiger partial charge < -0.3 is 15.7 Å². The van der Waals surface area contributed by atoms with Crippen LogP contribution < -0.4 is 10.6 Å². The number of hydrogen-bond acceptors (Lipinski definition) is 3. The van der Waals surface area contributed by atoms with E-state index in [4.69, 9.17) is 23.2 Å². The Morgan fingerprint density at radius 1 is 1.39 bits per heavy atom. The molecule has 0 aromatic rings. The number of halogens is 2. The molecule has 3 atom stereocenters. The molecular weight excluding hydrogens is 331 g/mol. The van der Waals surface area contributed by atoms with Crippen molar-refractivity contribution in [2.24, 2.45) is 11.8 Å². The van der Waals surface area contributed by atoms with Gasteiger partial charge in [0, 0.05) is 29.1 Å². The van der Waals surface area contributed by atoms with Gasteiger partial charge in [-0.25, -0.2) is 0 Å². The topological polar surface area (TPSA) is 44.3 Å². The fourth-order valence-corrected chi connectivity index (χ4v) is 3.51. The summed E-state index contributed by atoms with van der Waals surface area (Å²) in [5.41, 5.74) is 1.42. The molecule has 1 rings (SSSR count). The van der Waals surface area contributed by atoms with E-state index in [1.54, 1.807) is 0 Å². The summed E-state index contributed by atoms with van der Waals surface area (Å²) in [4.78, 5) is 0. The predicted molar refractivity (Wildman–Crippen MR) is 101 cm³/mol. The van der Waals surface area contributed by atoms with E-state index in [0.717, 1.165) is 25.9 Å². The van der Waals surface area contributed by atoms with Crippen LogP contribution in [0.2, 0.25) is 0 Å². The summed E-state index contributed by atoms with van der Waals surface area (Å²) in [6.45, 7) is 6.77. The molecule has 0 radical (unpaired) electrons. The van der Waals surface area contributed by atoms with Crippen LogP contribution in [0.25, 0.3) is 0 Å². The summed E-state index contributed by atoms with van der Waals surface area (Å²) in [6.07, 6.45) is 9.45. The van der Waals surface area contributed by atoms with Crippen LogP contribution in [-0.4, -0.2) is 36.9 Å². The van der Waals surface area contributed by atoms with Crippen LogP contribution in [-0.2, 0) is 0 Å². The van der Waals surface area contributed by atoms with E-state index in [2.05, 4.69) is 36.6 Å². The highest BCUT2D eigenvalue weighted by Gasteiger charge is 2.28. The third-order valence-electron chi connectivity index (χ3n) is 4.61. The van der Waals surface area contributed by atoms with Crippen molar-refractivity contribution < 1.29 is 5.11 Å². The number of aliphatic hydroxyl groups excluding tert-OH is 1. The number of piperidine rings is 1. The third kappa shape index (κ3) is 8.04. The largest absolute Gasteiger partial charge is 0.395 e. The molecule has 3 nitrogen and oxygen atoms in total. The highest BCUT2D eigenvalue weighted by molar-refractivity contribution is 6.36. The Morgan fingerprint density at radius 2 is 2.09 bits per heavy atom. The van der Waals surface area contributed by atoms with E-state index in [9.17, 15) is 5.11 Å². The van der Waals surface area contributed by atoms with Crippen LogP contribution in [0.1, 0.15) is 46.0 Å². The van der Waals surface area contributed by atoms with Gasteiger partial charge in [0.25, 0.3) is 0 Å². The number of aliphatic hydroxyl groups is 1. The van der Waals surface area contributed by atoms with Crippen LogP contribution in [0.5, 0.6) is 0 Å². The molecule has 1 unspecified atom stereocenters. The summed E-state index contributed by atoms with van der Waals surface area (Å²) in [7, 11) is 0. The summed E-state index contributed by atoms with van der Waals surface area (Å²) in [5, 5.41) is 17.4. The SMILES string of the molecule is CCCC(CO)N[C@@H](C1CCNCC1)[C@@H](C)C=CC/C(Cl)=C/Cl. The number of rotatable bonds is 10. The number of nitrogens with one attached hydrogen (secondary N) is 2. The molecule has 0 aromatic heterocycles. The maximum atomic E-state index is 9.63. The summed E-state index contributed by atoms with van der Waals surface area (Å²) in [5.74, 6) is 1.03. The highest BCUT2D eigenvalue weighted by atomic mass is 35.5. The quantitative estimate of drug-likeness (QED) is 0.514. The minimum absolute atomic E-state index is 0.182. The molecule has 0 saturated carbocycles. The summed E-state index contributed by atoms with van der Waals surface area (Å²) < 4.78 is 0. The van der Waals surface area contributed by atoms with Crippen LogP contribution in [0.3, 0.4) is 0 Å². The summed E-state index contributed by atoms with van der Waals surface area (Å²) >= 11 is 11.5. The zero-order valence-electron chi connectivity index (χ0n) is 14.4. The van der Waals surface area contributed by atoms with Crippen molar-refractivity contribution in [1.29, 1.82) is 0 Å². The Morgan fingerprint density at radius 3 is 2.65 bits per heavy atom. The number of hydrogen-bond donors (Lipinski definition) is 3. The maximum Gasteiger partial charge on any atom is 0.0584 e. The maximum absolute atomic E-state index is 9.63. The Hall–Kier alpha value is -0.0600. The first-order valence-corrected chi connectivity index (χ1v) is 9.62. The van der Waals surface area contributed by atoms with Crippen LogP contribution in [0.4, 0.5) is 0 Å². The monoisotopic (exact) mass is 362 g/mol. The minimum atomic E-state index is 0.182. The minimum Gasteiger partial charge on any atom is -0.395 e. The van der Waals surface area contributed by atoms with Crippen molar-refractivity contribution in [2.75, 3.05) is 19.7 Å². The van der Waals surface area contributed by atoms with E-state index in [1.807, 2.05) is 0 Å². The van der Waals surface area contributed by atoms with Crippen LogP contribution >= 0.6 is 23.2 Å². The smallest absolute Gasteiger partial charge is 0.0584 e. The van der Waals surface area contributed by atoms with Gasteiger partial charge in [0.15, 0.2) is 0 Å². The van der Waals surface area contributed by atoms with Crippen molar-refractivity contribution in [3.05, 3.63) is 22.7 Å². The lowest BCUT2D eigenvalue weighted by molar-refractivity contribution is 0.176. The molecule has 1 aliphatic rings. The molecule has 1 saturated heterocycles. The Balaban J connectivity index is 2.71. The molecule has 1 fully saturated rings. The average molecular weight is 363 g/mol. The van der Waals surface area contributed by atoms with Gasteiger partial charge in [0.05, 0.1) is 6.61 Å². The zero-order valence-corrected chi connectivity index (χ0v) is 15.9. The Labute approximate surface area is 151 Å². The lowest BCUT2D eigenvalue weighted by Crippen LogP contribution is -2.50. The van der Waals surface area contributed by atoms with E-state index in [-0.39, 0.29) is 12.6 Å². The van der Waals surface area contributed by atoms with Crippen molar-refractivity contribution in [3.63, 3.8) is 0 Å². The van der Waals surface area contributed by atoms with E-state index in [0.29, 0.717) is 29.3 Å². The zero-order chi connectivity index (χ0) is 17.1. The molecule has 5 heteroatoms. The summed E-state index contributed by atoms with van der Waals surface area (Å²) in [6, 6.07) is 0.567. The van der Waals surface area contributed by atoms with Crippen LogP contribution in [0, 0.1) is 11.8 Å². The first-order chi connectivity index (χ1) is 11.1. The molecule has 1 aliphatic heterocycles. The van der Waals surface area contributed by atoms with Crippen molar-refractivity contribution in [3.8, 4) is 0 Å². The Kier molecular flexibility index (Phi) is 11.2. The second kappa shape index (κ2) is 12.3. The third-order valence-corrected chi connectivity index (χ3v) is 5.25. The normalized spacial score (nSPS) is 21.5. The van der Waals surface area contributed by atoms with E-state index >= 15 is 0 Å². The highest BCUT2D eigenvalue weighted by Crippen LogP contribution is 2.24. The lowest BCUT2D eigenvalue weighted by atomic mass is 9.82. The second-order valence-electron chi connectivity index (χ2n) is 6.50. The first kappa shape index (κ1) is 21.0. The van der Waals surface area contributed by atoms with Crippen molar-refractivity contribution >= 4 is 23.2 Å². The average Bonchev–Trinajstić information content (AvgIpc) is 2.58. The molecule has 0 amide bonds. The molecule has 3 N–H and O–H groups in total. The van der Waals surface area contributed by atoms with Gasteiger partial charge in [-0.2, -0.15) is 0 Å². The molecule has 0 aliphatic carbocycles. The van der Waals surface area contributed by atoms with Crippen molar-refractivity contribution in [2.45, 2.75) is 58.0 Å². The first-order valence-electron chi connectivity index (χ1n) is 8.81. The van der Waals surface area contributed by atoms with Crippen LogP contribution in [0.15, 0.2) is 22.7 Å². The molecular formula is C18H32Cl2N2O. The van der Waals surface area contributed by atoms with Gasteiger partial charge in [-0.05, 0) is 44.2 Å². The fourth-order valence-electron chi connectivity index (χ4n) is 3.33. The fraction of sp³-hybridized carbons (Fsp3) is 0.778. The van der Waals surface area contributed by atoms with Gasteiger partial charge >= 0.3 is 0 Å². The lowest BCUT2D eigenvalue weighted by Gasteiger charge is -2.36. The van der Waals surface area contributed by atoms with Gasteiger partial charge in [0.1, 0.15) is 0 Å². The van der Waals surface area contributed by atoms with E-state index < -0.39 is 0 Å². The standard InChI is InChI=1S/C18H32Cl2N2O/c1-3-5-17(13-23)22-18(15-8-10-21-11-9-15)14(2)6-4-7-16(20)12-19/h4,6,12,14-15,17-18,21-23H,3,5,7-11,13H2,1-2H3/b6-4?,16-12-/t14-,17?,18+/m0/s1. The molecule has 0 bridgehead atoms. The van der Waals surface area contributed by atoms with E-state index in [1.165, 1.54) is 18.4 Å². The molecule has 23 heavy (non-hydrogen) atoms. The molecule has 134 valence electrons. The van der Waals surface area contributed by atoms with Gasteiger partial charge in [-0.1, -0.05) is 55.6 Å². The second-order valence-corrected chi connectivity index (χ2v) is 7.20. The predicted octanol–water partition coefficient (Wildman–Crippen LogP) is 4.01. The molecule has 0 aromatic carbocycles. The van der Waals surface area contributed by atoms with Gasteiger partial charge in [-0.3, -0.25) is 0 Å². The van der Waals surface area contributed by atoms with Crippen molar-refractivity contribution in [1.82, 2.24) is 10.6 Å². The molecule has 1 heterocycles. The Bertz CT molecular complexity index is 368.